The maximum absolute atomic E-state index is 13.3. The highest BCUT2D eigenvalue weighted by atomic mass is 32.2. The molecular weight excluding hydrogens is 468 g/mol. The number of anilines is 1. The second-order valence-electron chi connectivity index (χ2n) is 7.49. The maximum Gasteiger partial charge on any atom is 0.321 e. The summed E-state index contributed by atoms with van der Waals surface area (Å²) in [4.78, 5) is 43.4. The fraction of sp³-hybridized carbons (Fsp3) is 0.280. The summed E-state index contributed by atoms with van der Waals surface area (Å²) in [5.74, 6) is 0.358. The number of hydrogen-bond donors (Lipinski definition) is 2. The van der Waals surface area contributed by atoms with Crippen LogP contribution in [0.4, 0.5) is 10.5 Å². The molecular formula is C25H28N4O5S. The third-order valence-electron chi connectivity index (χ3n) is 4.96. The van der Waals surface area contributed by atoms with Crippen LogP contribution in [0.1, 0.15) is 25.3 Å². The molecule has 1 aliphatic rings. The lowest BCUT2D eigenvalue weighted by molar-refractivity contribution is -0.117. The van der Waals surface area contributed by atoms with E-state index in [2.05, 4.69) is 15.6 Å². The normalized spacial score (nSPS) is 14.0. The van der Waals surface area contributed by atoms with Crippen LogP contribution in [-0.2, 0) is 9.59 Å². The van der Waals surface area contributed by atoms with Gasteiger partial charge in [0.15, 0.2) is 5.17 Å². The first kappa shape index (κ1) is 25.8. The number of rotatable bonds is 9. The van der Waals surface area contributed by atoms with E-state index in [4.69, 9.17) is 9.47 Å². The molecule has 2 N–H and O–H groups in total. The summed E-state index contributed by atoms with van der Waals surface area (Å²) in [6.07, 6.45) is 3.43. The molecule has 2 aromatic rings. The number of methoxy groups -OCH3 is 2. The van der Waals surface area contributed by atoms with Crippen LogP contribution >= 0.6 is 11.8 Å². The van der Waals surface area contributed by atoms with Gasteiger partial charge in [-0.1, -0.05) is 43.3 Å². The monoisotopic (exact) mass is 496 g/mol. The maximum atomic E-state index is 13.3. The summed E-state index contributed by atoms with van der Waals surface area (Å²) in [6, 6.07) is 13.7. The van der Waals surface area contributed by atoms with Crippen LogP contribution in [-0.4, -0.2) is 49.5 Å². The number of aliphatic imine (C=N–C) groups is 1. The van der Waals surface area contributed by atoms with Crippen molar-refractivity contribution in [1.82, 2.24) is 10.6 Å². The highest BCUT2D eigenvalue weighted by Gasteiger charge is 2.32. The molecule has 0 fully saturated rings. The number of urea groups is 1. The van der Waals surface area contributed by atoms with Gasteiger partial charge in [-0.25, -0.2) is 9.79 Å². The molecule has 0 radical (unpaired) electrons. The summed E-state index contributed by atoms with van der Waals surface area (Å²) in [6.45, 7) is 2.50. The van der Waals surface area contributed by atoms with Gasteiger partial charge in [0, 0.05) is 12.6 Å². The highest BCUT2D eigenvalue weighted by molar-refractivity contribution is 8.14. The van der Waals surface area contributed by atoms with E-state index in [-0.39, 0.29) is 17.4 Å². The Labute approximate surface area is 208 Å². The van der Waals surface area contributed by atoms with Crippen molar-refractivity contribution >= 4 is 46.5 Å². The number of amidine groups is 1. The quantitative estimate of drug-likeness (QED) is 0.404. The minimum atomic E-state index is -0.543. The molecule has 0 aliphatic carbocycles. The van der Waals surface area contributed by atoms with Gasteiger partial charge in [0.25, 0.3) is 5.91 Å². The van der Waals surface area contributed by atoms with Crippen molar-refractivity contribution in [1.29, 1.82) is 0 Å². The Bertz CT molecular complexity index is 1130. The Balaban J connectivity index is 1.80. The molecule has 2 aromatic carbocycles. The number of nitrogens with one attached hydrogen (secondary N) is 2. The predicted octanol–water partition coefficient (Wildman–Crippen LogP) is 3.81. The third-order valence-corrected chi connectivity index (χ3v) is 5.90. The van der Waals surface area contributed by atoms with Gasteiger partial charge < -0.3 is 14.8 Å². The average molecular weight is 497 g/mol. The van der Waals surface area contributed by atoms with Crippen molar-refractivity contribution in [3.8, 4) is 11.5 Å². The number of hydrogen-bond acceptors (Lipinski definition) is 7. The Morgan fingerprint density at radius 3 is 2.51 bits per heavy atom. The van der Waals surface area contributed by atoms with Crippen LogP contribution in [0.5, 0.6) is 11.5 Å². The fourth-order valence-electron chi connectivity index (χ4n) is 3.14. The van der Waals surface area contributed by atoms with Crippen LogP contribution in [0.25, 0.3) is 6.08 Å². The van der Waals surface area contributed by atoms with Gasteiger partial charge in [0.1, 0.15) is 17.2 Å². The average Bonchev–Trinajstić information content (AvgIpc) is 3.18. The molecule has 0 saturated heterocycles. The van der Waals surface area contributed by atoms with E-state index in [1.807, 2.05) is 19.1 Å². The minimum absolute atomic E-state index is 0.0937. The number of amides is 4. The van der Waals surface area contributed by atoms with Crippen LogP contribution in [0.2, 0.25) is 0 Å². The van der Waals surface area contributed by atoms with Gasteiger partial charge in [-0.05, 0) is 42.3 Å². The van der Waals surface area contributed by atoms with E-state index in [9.17, 15) is 14.4 Å². The fourth-order valence-corrected chi connectivity index (χ4v) is 3.96. The van der Waals surface area contributed by atoms with Crippen LogP contribution < -0.4 is 25.0 Å². The lowest BCUT2D eigenvalue weighted by Crippen LogP contribution is -2.41. The minimum Gasteiger partial charge on any atom is -0.497 e. The molecule has 0 atom stereocenters. The Morgan fingerprint density at radius 1 is 1.09 bits per heavy atom. The number of thioether (sulfide) groups is 1. The molecule has 0 spiro atoms. The summed E-state index contributed by atoms with van der Waals surface area (Å²) < 4.78 is 10.5. The van der Waals surface area contributed by atoms with E-state index in [0.717, 1.165) is 30.2 Å². The van der Waals surface area contributed by atoms with E-state index >= 15 is 0 Å². The van der Waals surface area contributed by atoms with E-state index in [1.54, 1.807) is 56.7 Å². The molecule has 0 unspecified atom stereocenters. The molecule has 184 valence electrons. The standard InChI is InChI=1S/C25H28N4O5S/c1-4-5-13-26-24(32)28-22(30)16-35-25-27-21(14-17-9-11-19(33-2)12-10-17)23(31)29(25)18-7-6-8-20(15-18)34-3/h6-12,14-15H,4-5,13,16H2,1-3H3,(H2,26,28,30,32)/b21-14-. The number of unbranched alkanes of at least 4 members (excludes halogenated alkanes) is 1. The molecule has 3 rings (SSSR count). The van der Waals surface area contributed by atoms with Crippen LogP contribution in [0.15, 0.2) is 59.2 Å². The van der Waals surface area contributed by atoms with E-state index in [1.165, 1.54) is 4.90 Å². The SMILES string of the molecule is CCCCNC(=O)NC(=O)CSC1=N/C(=C\c2ccc(OC)cc2)C(=O)N1c1cccc(OC)c1. The smallest absolute Gasteiger partial charge is 0.321 e. The summed E-state index contributed by atoms with van der Waals surface area (Å²) in [5, 5.41) is 5.25. The number of nitrogens with zero attached hydrogens (tertiary/aromatic N) is 2. The van der Waals surface area contributed by atoms with Gasteiger partial charge >= 0.3 is 6.03 Å². The van der Waals surface area contributed by atoms with Gasteiger partial charge in [0.05, 0.1) is 25.7 Å². The molecule has 0 saturated carbocycles. The summed E-state index contributed by atoms with van der Waals surface area (Å²) >= 11 is 1.06. The number of imide groups is 1. The van der Waals surface area contributed by atoms with Gasteiger partial charge in [-0.3, -0.25) is 19.8 Å². The highest BCUT2D eigenvalue weighted by Crippen LogP contribution is 2.31. The van der Waals surface area contributed by atoms with Crippen molar-refractivity contribution in [3.05, 3.63) is 59.8 Å². The van der Waals surface area contributed by atoms with E-state index in [0.29, 0.717) is 28.9 Å². The second kappa shape index (κ2) is 12.6. The summed E-state index contributed by atoms with van der Waals surface area (Å²) in [7, 11) is 3.12. The van der Waals surface area contributed by atoms with Crippen molar-refractivity contribution in [2.45, 2.75) is 19.8 Å². The van der Waals surface area contributed by atoms with Gasteiger partial charge in [-0.15, -0.1) is 0 Å². The van der Waals surface area contributed by atoms with Crippen molar-refractivity contribution < 1.29 is 23.9 Å². The zero-order valence-electron chi connectivity index (χ0n) is 19.9. The first-order valence-corrected chi connectivity index (χ1v) is 12.1. The zero-order chi connectivity index (χ0) is 25.2. The Hall–Kier alpha value is -3.79. The van der Waals surface area contributed by atoms with Crippen LogP contribution in [0.3, 0.4) is 0 Å². The number of carbonyl (C=O) groups is 3. The number of benzene rings is 2. The Kier molecular flexibility index (Phi) is 9.31. The van der Waals surface area contributed by atoms with Crippen molar-refractivity contribution in [3.63, 3.8) is 0 Å². The molecule has 1 aliphatic heterocycles. The molecule has 0 bridgehead atoms. The predicted molar refractivity (Wildman–Crippen MR) is 138 cm³/mol. The van der Waals surface area contributed by atoms with Crippen molar-refractivity contribution in [2.75, 3.05) is 31.4 Å². The molecule has 10 heteroatoms. The Morgan fingerprint density at radius 2 is 1.83 bits per heavy atom. The molecule has 35 heavy (non-hydrogen) atoms. The molecule has 0 aromatic heterocycles. The number of ether oxygens (including phenoxy) is 2. The molecule has 9 nitrogen and oxygen atoms in total. The summed E-state index contributed by atoms with van der Waals surface area (Å²) in [5.41, 5.74) is 1.55. The zero-order valence-corrected chi connectivity index (χ0v) is 20.7. The molecule has 1 heterocycles. The third kappa shape index (κ3) is 7.10. The first-order valence-electron chi connectivity index (χ1n) is 11.1. The van der Waals surface area contributed by atoms with Gasteiger partial charge in [-0.2, -0.15) is 0 Å². The van der Waals surface area contributed by atoms with E-state index < -0.39 is 11.9 Å². The molecule has 4 amide bonds. The second-order valence-corrected chi connectivity index (χ2v) is 8.43. The topological polar surface area (TPSA) is 109 Å². The van der Waals surface area contributed by atoms with Crippen LogP contribution in [0, 0.1) is 0 Å². The lowest BCUT2D eigenvalue weighted by Gasteiger charge is -2.18. The lowest BCUT2D eigenvalue weighted by atomic mass is 10.2. The first-order chi connectivity index (χ1) is 16.9. The van der Waals surface area contributed by atoms with Gasteiger partial charge in [0.2, 0.25) is 5.91 Å². The largest absolute Gasteiger partial charge is 0.497 e. The van der Waals surface area contributed by atoms with Crippen molar-refractivity contribution in [2.24, 2.45) is 4.99 Å². The number of carbonyl (C=O) groups excluding carboxylic acids is 3.